The molecule has 1 aromatic carbocycles. The van der Waals surface area contributed by atoms with Crippen molar-refractivity contribution in [2.75, 3.05) is 0 Å². The van der Waals surface area contributed by atoms with Crippen molar-refractivity contribution >= 4 is 22.5 Å². The SMILES string of the molecule is CC(=O)Cn1ncc2cc(-n3cccn3)c(C(C)=O)cc21. The molecule has 0 aliphatic carbocycles. The van der Waals surface area contributed by atoms with Crippen LogP contribution in [0.25, 0.3) is 16.6 Å². The number of benzene rings is 1. The fraction of sp³-hybridized carbons (Fsp3) is 0.200. The molecule has 0 amide bonds. The maximum absolute atomic E-state index is 11.9. The van der Waals surface area contributed by atoms with Crippen molar-refractivity contribution in [1.82, 2.24) is 19.6 Å². The number of aromatic nitrogens is 4. The molecule has 0 fully saturated rings. The lowest BCUT2D eigenvalue weighted by Crippen LogP contribution is -2.09. The second kappa shape index (κ2) is 4.97. The van der Waals surface area contributed by atoms with Crippen LogP contribution >= 0.6 is 0 Å². The van der Waals surface area contributed by atoms with Crippen LogP contribution in [-0.4, -0.2) is 31.1 Å². The quantitative estimate of drug-likeness (QED) is 0.686. The number of rotatable bonds is 4. The zero-order valence-corrected chi connectivity index (χ0v) is 11.8. The Morgan fingerprint density at radius 2 is 2.00 bits per heavy atom. The highest BCUT2D eigenvalue weighted by Gasteiger charge is 2.14. The van der Waals surface area contributed by atoms with Gasteiger partial charge < -0.3 is 0 Å². The Morgan fingerprint density at radius 3 is 2.62 bits per heavy atom. The van der Waals surface area contributed by atoms with Crippen molar-refractivity contribution < 1.29 is 9.59 Å². The maximum Gasteiger partial charge on any atom is 0.162 e. The first kappa shape index (κ1) is 13.2. The molecule has 0 aliphatic heterocycles. The largest absolute Gasteiger partial charge is 0.298 e. The summed E-state index contributed by atoms with van der Waals surface area (Å²) in [4.78, 5) is 23.2. The van der Waals surface area contributed by atoms with E-state index in [9.17, 15) is 9.59 Å². The Labute approximate surface area is 121 Å². The summed E-state index contributed by atoms with van der Waals surface area (Å²) >= 11 is 0. The molecule has 106 valence electrons. The summed E-state index contributed by atoms with van der Waals surface area (Å²) in [5.74, 6) is -0.0431. The van der Waals surface area contributed by atoms with Crippen LogP contribution < -0.4 is 0 Å². The van der Waals surface area contributed by atoms with Crippen molar-refractivity contribution in [3.05, 3.63) is 42.4 Å². The van der Waals surface area contributed by atoms with Crippen LogP contribution in [0.4, 0.5) is 0 Å². The minimum atomic E-state index is -0.0574. The normalized spacial score (nSPS) is 11.0. The summed E-state index contributed by atoms with van der Waals surface area (Å²) in [5, 5.41) is 9.26. The lowest BCUT2D eigenvalue weighted by atomic mass is 10.1. The highest BCUT2D eigenvalue weighted by atomic mass is 16.1. The van der Waals surface area contributed by atoms with E-state index in [0.29, 0.717) is 11.3 Å². The van der Waals surface area contributed by atoms with Gasteiger partial charge in [-0.1, -0.05) is 0 Å². The van der Waals surface area contributed by atoms with Crippen molar-refractivity contribution in [3.63, 3.8) is 0 Å². The fourth-order valence-electron chi connectivity index (χ4n) is 2.33. The number of nitrogens with zero attached hydrogens (tertiary/aromatic N) is 4. The van der Waals surface area contributed by atoms with Gasteiger partial charge in [-0.25, -0.2) is 4.68 Å². The van der Waals surface area contributed by atoms with Gasteiger partial charge in [0.25, 0.3) is 0 Å². The summed E-state index contributed by atoms with van der Waals surface area (Å²) in [6.07, 6.45) is 5.13. The average molecular weight is 282 g/mol. The van der Waals surface area contributed by atoms with Gasteiger partial charge in [0.15, 0.2) is 11.6 Å². The minimum Gasteiger partial charge on any atom is -0.298 e. The van der Waals surface area contributed by atoms with Crippen molar-refractivity contribution in [3.8, 4) is 5.69 Å². The number of hydrogen-bond acceptors (Lipinski definition) is 4. The van der Waals surface area contributed by atoms with E-state index in [4.69, 9.17) is 0 Å². The standard InChI is InChI=1S/C15H14N4O2/c1-10(20)9-19-14-7-13(11(2)21)15(6-12(14)8-17-19)18-5-3-4-16-18/h3-8H,9H2,1-2H3. The van der Waals surface area contributed by atoms with Crippen LogP contribution in [0.1, 0.15) is 24.2 Å². The van der Waals surface area contributed by atoms with E-state index < -0.39 is 0 Å². The molecule has 0 aliphatic rings. The number of carbonyl (C=O) groups excluding carboxylic acids is 2. The molecule has 6 nitrogen and oxygen atoms in total. The van der Waals surface area contributed by atoms with Crippen LogP contribution in [0.3, 0.4) is 0 Å². The van der Waals surface area contributed by atoms with Crippen molar-refractivity contribution in [1.29, 1.82) is 0 Å². The zero-order valence-electron chi connectivity index (χ0n) is 11.8. The van der Waals surface area contributed by atoms with Gasteiger partial charge in [0.2, 0.25) is 0 Å². The topological polar surface area (TPSA) is 69.8 Å². The van der Waals surface area contributed by atoms with E-state index in [-0.39, 0.29) is 18.1 Å². The van der Waals surface area contributed by atoms with Gasteiger partial charge in [-0.3, -0.25) is 14.3 Å². The lowest BCUT2D eigenvalue weighted by molar-refractivity contribution is -0.117. The van der Waals surface area contributed by atoms with Gasteiger partial charge in [-0.15, -0.1) is 0 Å². The van der Waals surface area contributed by atoms with E-state index in [0.717, 1.165) is 10.9 Å². The highest BCUT2D eigenvalue weighted by Crippen LogP contribution is 2.23. The predicted octanol–water partition coefficient (Wildman–Crippen LogP) is 2.01. The second-order valence-electron chi connectivity index (χ2n) is 4.94. The molecule has 0 saturated heterocycles. The molecular weight excluding hydrogens is 268 g/mol. The summed E-state index contributed by atoms with van der Waals surface area (Å²) in [6.45, 7) is 3.22. The lowest BCUT2D eigenvalue weighted by Gasteiger charge is -2.09. The Morgan fingerprint density at radius 1 is 1.19 bits per heavy atom. The molecule has 6 heteroatoms. The molecule has 0 N–H and O–H groups in total. The molecule has 21 heavy (non-hydrogen) atoms. The van der Waals surface area contributed by atoms with Crippen LogP contribution in [0, 0.1) is 0 Å². The zero-order chi connectivity index (χ0) is 15.0. The summed E-state index contributed by atoms with van der Waals surface area (Å²) < 4.78 is 3.26. The molecule has 0 bridgehead atoms. The monoisotopic (exact) mass is 282 g/mol. The Balaban J connectivity index is 2.24. The van der Waals surface area contributed by atoms with Gasteiger partial charge >= 0.3 is 0 Å². The van der Waals surface area contributed by atoms with Gasteiger partial charge in [0.05, 0.1) is 23.9 Å². The number of ketones is 2. The molecule has 2 heterocycles. The fourth-order valence-corrected chi connectivity index (χ4v) is 2.33. The molecule has 0 saturated carbocycles. The summed E-state index contributed by atoms with van der Waals surface area (Å²) in [6, 6.07) is 5.43. The van der Waals surface area contributed by atoms with Crippen molar-refractivity contribution in [2.24, 2.45) is 0 Å². The molecular formula is C15H14N4O2. The highest BCUT2D eigenvalue weighted by molar-refractivity contribution is 6.01. The summed E-state index contributed by atoms with van der Waals surface area (Å²) in [7, 11) is 0. The maximum atomic E-state index is 11.9. The van der Waals surface area contributed by atoms with E-state index in [1.807, 2.05) is 6.07 Å². The first-order valence-electron chi connectivity index (χ1n) is 6.56. The number of hydrogen-bond donors (Lipinski definition) is 0. The molecule has 2 aromatic heterocycles. The number of fused-ring (bicyclic) bond motifs is 1. The van der Waals surface area contributed by atoms with Crippen LogP contribution in [0.15, 0.2) is 36.8 Å². The Bertz CT molecular complexity index is 831. The van der Waals surface area contributed by atoms with Crippen molar-refractivity contribution in [2.45, 2.75) is 20.4 Å². The second-order valence-corrected chi connectivity index (χ2v) is 4.94. The van der Waals surface area contributed by atoms with E-state index in [1.54, 1.807) is 40.1 Å². The first-order chi connectivity index (χ1) is 10.1. The first-order valence-corrected chi connectivity index (χ1v) is 6.56. The van der Waals surface area contributed by atoms with Gasteiger partial charge in [-0.05, 0) is 32.0 Å². The minimum absolute atomic E-state index is 0.0144. The number of carbonyl (C=O) groups is 2. The van der Waals surface area contributed by atoms with Crippen LogP contribution in [0.5, 0.6) is 0 Å². The third-order valence-electron chi connectivity index (χ3n) is 3.26. The molecule has 3 aromatic rings. The Hall–Kier alpha value is -2.76. The summed E-state index contributed by atoms with van der Waals surface area (Å²) in [5.41, 5.74) is 2.03. The van der Waals surface area contributed by atoms with Gasteiger partial charge in [-0.2, -0.15) is 10.2 Å². The smallest absolute Gasteiger partial charge is 0.162 e. The van der Waals surface area contributed by atoms with Crippen LogP contribution in [0.2, 0.25) is 0 Å². The molecule has 0 atom stereocenters. The van der Waals surface area contributed by atoms with E-state index in [1.165, 1.54) is 13.8 Å². The van der Waals surface area contributed by atoms with Gasteiger partial charge in [0, 0.05) is 23.3 Å². The molecule has 0 radical (unpaired) electrons. The third-order valence-corrected chi connectivity index (χ3v) is 3.26. The Kier molecular flexibility index (Phi) is 3.13. The average Bonchev–Trinajstić information content (AvgIpc) is 3.06. The third kappa shape index (κ3) is 2.35. The van der Waals surface area contributed by atoms with E-state index in [2.05, 4.69) is 10.2 Å². The van der Waals surface area contributed by atoms with Gasteiger partial charge in [0.1, 0.15) is 0 Å². The predicted molar refractivity (Wildman–Crippen MR) is 77.5 cm³/mol. The van der Waals surface area contributed by atoms with E-state index >= 15 is 0 Å². The molecule has 3 rings (SSSR count). The molecule has 0 unspecified atom stereocenters. The van der Waals surface area contributed by atoms with Crippen LogP contribution in [-0.2, 0) is 11.3 Å². The molecule has 0 spiro atoms. The number of Topliss-reactive ketones (excluding diaryl/α,β-unsaturated/α-hetero) is 2.